The van der Waals surface area contributed by atoms with Crippen molar-refractivity contribution in [1.82, 2.24) is 10.2 Å². The van der Waals surface area contributed by atoms with Crippen molar-refractivity contribution >= 4 is 23.4 Å². The van der Waals surface area contributed by atoms with Crippen LogP contribution in [0.15, 0.2) is 42.5 Å². The second kappa shape index (κ2) is 12.4. The number of unbranched alkanes of at least 4 members (excludes halogenated alkanes) is 1. The van der Waals surface area contributed by atoms with Crippen molar-refractivity contribution in [1.29, 1.82) is 0 Å². The third-order valence-corrected chi connectivity index (χ3v) is 5.42. The molecule has 0 aliphatic rings. The van der Waals surface area contributed by atoms with Gasteiger partial charge in [-0.05, 0) is 56.0 Å². The molecule has 0 spiro atoms. The van der Waals surface area contributed by atoms with E-state index in [9.17, 15) is 9.59 Å². The smallest absolute Gasteiger partial charge is 0.261 e. The molecule has 0 aliphatic carbocycles. The molecule has 2 aromatic carbocycles. The van der Waals surface area contributed by atoms with Crippen LogP contribution in [0.1, 0.15) is 49.8 Å². The SMILES string of the molecule is CCCCNC(=O)C(CC)N(Cc1ccc(Cl)cc1)C(=O)COc1ccc(C)cc1C. The third kappa shape index (κ3) is 7.59. The van der Waals surface area contributed by atoms with Crippen molar-refractivity contribution in [2.24, 2.45) is 0 Å². The van der Waals surface area contributed by atoms with Gasteiger partial charge in [0.05, 0.1) is 0 Å². The summed E-state index contributed by atoms with van der Waals surface area (Å²) in [6, 6.07) is 12.6. The van der Waals surface area contributed by atoms with E-state index in [-0.39, 0.29) is 18.4 Å². The molecule has 1 N–H and O–H groups in total. The van der Waals surface area contributed by atoms with Gasteiger partial charge in [0.25, 0.3) is 5.91 Å². The number of nitrogens with one attached hydrogen (secondary N) is 1. The molecule has 2 aromatic rings. The second-order valence-corrected chi connectivity index (χ2v) is 8.21. The maximum Gasteiger partial charge on any atom is 0.261 e. The minimum absolute atomic E-state index is 0.129. The number of hydrogen-bond acceptors (Lipinski definition) is 3. The average molecular weight is 445 g/mol. The lowest BCUT2D eigenvalue weighted by Crippen LogP contribution is -2.50. The summed E-state index contributed by atoms with van der Waals surface area (Å²) >= 11 is 6.00. The van der Waals surface area contributed by atoms with Crippen LogP contribution in [0.2, 0.25) is 5.02 Å². The summed E-state index contributed by atoms with van der Waals surface area (Å²) in [5.41, 5.74) is 3.01. The van der Waals surface area contributed by atoms with Gasteiger partial charge in [-0.15, -0.1) is 0 Å². The van der Waals surface area contributed by atoms with Crippen molar-refractivity contribution in [2.45, 2.75) is 59.5 Å². The summed E-state index contributed by atoms with van der Waals surface area (Å²) in [5, 5.41) is 3.59. The minimum atomic E-state index is -0.567. The van der Waals surface area contributed by atoms with Crippen LogP contribution in [0.25, 0.3) is 0 Å². The highest BCUT2D eigenvalue weighted by Gasteiger charge is 2.28. The summed E-state index contributed by atoms with van der Waals surface area (Å²) in [6.45, 7) is 8.74. The second-order valence-electron chi connectivity index (χ2n) is 7.77. The topological polar surface area (TPSA) is 58.6 Å². The van der Waals surface area contributed by atoms with Crippen molar-refractivity contribution in [2.75, 3.05) is 13.2 Å². The van der Waals surface area contributed by atoms with Crippen LogP contribution in [0.4, 0.5) is 0 Å². The molecule has 1 unspecified atom stereocenters. The summed E-state index contributed by atoms with van der Waals surface area (Å²) in [7, 11) is 0. The minimum Gasteiger partial charge on any atom is -0.483 e. The molecule has 0 saturated carbocycles. The number of rotatable bonds is 11. The molecule has 6 heteroatoms. The van der Waals surface area contributed by atoms with Crippen LogP contribution in [0, 0.1) is 13.8 Å². The summed E-state index contributed by atoms with van der Waals surface area (Å²) in [5.74, 6) is 0.308. The van der Waals surface area contributed by atoms with Crippen LogP contribution in [0.3, 0.4) is 0 Å². The predicted octanol–water partition coefficient (Wildman–Crippen LogP) is 5.06. The lowest BCUT2D eigenvalue weighted by molar-refractivity contribution is -0.143. The molecule has 0 heterocycles. The number of amides is 2. The number of aryl methyl sites for hydroxylation is 2. The van der Waals surface area contributed by atoms with Crippen LogP contribution >= 0.6 is 11.6 Å². The number of carbonyl (C=O) groups excluding carboxylic acids is 2. The Bertz CT molecular complexity index is 868. The van der Waals surface area contributed by atoms with E-state index in [1.807, 2.05) is 51.1 Å². The molecule has 2 rings (SSSR count). The summed E-state index contributed by atoms with van der Waals surface area (Å²) < 4.78 is 5.82. The largest absolute Gasteiger partial charge is 0.483 e. The van der Waals surface area contributed by atoms with Crippen molar-refractivity contribution in [3.05, 3.63) is 64.2 Å². The van der Waals surface area contributed by atoms with Gasteiger partial charge < -0.3 is 15.0 Å². The summed E-state index contributed by atoms with van der Waals surface area (Å²) in [4.78, 5) is 27.6. The van der Waals surface area contributed by atoms with E-state index < -0.39 is 6.04 Å². The van der Waals surface area contributed by atoms with Gasteiger partial charge in [0, 0.05) is 18.1 Å². The fourth-order valence-corrected chi connectivity index (χ4v) is 3.52. The van der Waals surface area contributed by atoms with Crippen LogP contribution < -0.4 is 10.1 Å². The molecule has 168 valence electrons. The normalized spacial score (nSPS) is 11.6. The number of hydrogen-bond donors (Lipinski definition) is 1. The quantitative estimate of drug-likeness (QED) is 0.493. The molecule has 31 heavy (non-hydrogen) atoms. The summed E-state index contributed by atoms with van der Waals surface area (Å²) in [6.07, 6.45) is 2.41. The monoisotopic (exact) mass is 444 g/mol. The molecule has 0 fully saturated rings. The zero-order chi connectivity index (χ0) is 22.8. The van der Waals surface area contributed by atoms with Gasteiger partial charge in [0.1, 0.15) is 11.8 Å². The van der Waals surface area contributed by atoms with Crippen molar-refractivity contribution in [3.63, 3.8) is 0 Å². The van der Waals surface area contributed by atoms with Gasteiger partial charge in [-0.3, -0.25) is 9.59 Å². The van der Waals surface area contributed by atoms with Crippen LogP contribution in [-0.4, -0.2) is 35.9 Å². The molecule has 0 aliphatic heterocycles. The molecular formula is C25H33ClN2O3. The first kappa shape index (κ1) is 24.7. The first-order chi connectivity index (χ1) is 14.8. The van der Waals surface area contributed by atoms with Gasteiger partial charge in [-0.2, -0.15) is 0 Å². The first-order valence-electron chi connectivity index (χ1n) is 10.9. The Balaban J connectivity index is 2.18. The fourth-order valence-electron chi connectivity index (χ4n) is 3.40. The number of halogens is 1. The molecule has 0 saturated heterocycles. The zero-order valence-electron chi connectivity index (χ0n) is 18.9. The first-order valence-corrected chi connectivity index (χ1v) is 11.2. The Hall–Kier alpha value is -2.53. The highest BCUT2D eigenvalue weighted by molar-refractivity contribution is 6.30. The number of ether oxygens (including phenoxy) is 1. The Morgan fingerprint density at radius 3 is 2.42 bits per heavy atom. The van der Waals surface area contributed by atoms with E-state index in [2.05, 4.69) is 12.2 Å². The Labute approximate surface area is 190 Å². The Kier molecular flexibility index (Phi) is 9.86. The number of nitrogens with zero attached hydrogens (tertiary/aromatic N) is 1. The maximum absolute atomic E-state index is 13.2. The molecular weight excluding hydrogens is 412 g/mol. The zero-order valence-corrected chi connectivity index (χ0v) is 19.7. The molecule has 0 bridgehead atoms. The van der Waals surface area contributed by atoms with E-state index >= 15 is 0 Å². The molecule has 5 nitrogen and oxygen atoms in total. The van der Waals surface area contributed by atoms with Crippen LogP contribution in [0.5, 0.6) is 5.75 Å². The van der Waals surface area contributed by atoms with E-state index in [4.69, 9.17) is 16.3 Å². The Morgan fingerprint density at radius 2 is 1.81 bits per heavy atom. The van der Waals surface area contributed by atoms with Gasteiger partial charge in [-0.1, -0.05) is 61.7 Å². The molecule has 1 atom stereocenters. The third-order valence-electron chi connectivity index (χ3n) is 5.16. The molecule has 0 radical (unpaired) electrons. The van der Waals surface area contributed by atoms with E-state index in [0.29, 0.717) is 30.3 Å². The Morgan fingerprint density at radius 1 is 1.10 bits per heavy atom. The fraction of sp³-hybridized carbons (Fsp3) is 0.440. The highest BCUT2D eigenvalue weighted by Crippen LogP contribution is 2.20. The lowest BCUT2D eigenvalue weighted by Gasteiger charge is -2.30. The number of carbonyl (C=O) groups is 2. The van der Waals surface area contributed by atoms with Crippen molar-refractivity contribution < 1.29 is 14.3 Å². The maximum atomic E-state index is 13.2. The standard InChI is InChI=1S/C25H33ClN2O3/c1-5-7-14-27-25(30)22(6-2)28(16-20-9-11-21(26)12-10-20)24(29)17-31-23-13-8-18(3)15-19(23)4/h8-13,15,22H,5-7,14,16-17H2,1-4H3,(H,27,30). The van der Waals surface area contributed by atoms with Crippen LogP contribution in [-0.2, 0) is 16.1 Å². The molecule has 0 aromatic heterocycles. The van der Waals surface area contributed by atoms with E-state index in [1.54, 1.807) is 17.0 Å². The average Bonchev–Trinajstić information content (AvgIpc) is 2.74. The van der Waals surface area contributed by atoms with Gasteiger partial charge in [-0.25, -0.2) is 0 Å². The highest BCUT2D eigenvalue weighted by atomic mass is 35.5. The van der Waals surface area contributed by atoms with Gasteiger partial charge in [0.2, 0.25) is 5.91 Å². The van der Waals surface area contributed by atoms with Gasteiger partial charge >= 0.3 is 0 Å². The van der Waals surface area contributed by atoms with Gasteiger partial charge in [0.15, 0.2) is 6.61 Å². The van der Waals surface area contributed by atoms with E-state index in [0.717, 1.165) is 29.5 Å². The lowest BCUT2D eigenvalue weighted by atomic mass is 10.1. The van der Waals surface area contributed by atoms with Crippen molar-refractivity contribution in [3.8, 4) is 5.75 Å². The van der Waals surface area contributed by atoms with E-state index in [1.165, 1.54) is 0 Å². The molecule has 2 amide bonds. The predicted molar refractivity (Wildman–Crippen MR) is 125 cm³/mol. The number of benzene rings is 2.